The van der Waals surface area contributed by atoms with Gasteiger partial charge in [0.25, 0.3) is 0 Å². The number of imidazole rings is 1. The molecule has 1 saturated heterocycles. The predicted molar refractivity (Wildman–Crippen MR) is 86.7 cm³/mol. The first-order chi connectivity index (χ1) is 11.2. The fraction of sp³-hybridized carbons (Fsp3) is 0.353. The van der Waals surface area contributed by atoms with Crippen molar-refractivity contribution in [1.82, 2.24) is 14.5 Å². The second-order valence-corrected chi connectivity index (χ2v) is 5.76. The van der Waals surface area contributed by atoms with Crippen LogP contribution >= 0.6 is 0 Å². The summed E-state index contributed by atoms with van der Waals surface area (Å²) in [5.41, 5.74) is 1.84. The van der Waals surface area contributed by atoms with Gasteiger partial charge < -0.3 is 9.47 Å². The minimum atomic E-state index is 0.127. The Hall–Kier alpha value is -2.83. The molecule has 1 unspecified atom stereocenters. The molecule has 2 aromatic rings. The van der Waals surface area contributed by atoms with Gasteiger partial charge in [-0.25, -0.2) is 4.98 Å². The quantitative estimate of drug-likeness (QED) is 0.843. The van der Waals surface area contributed by atoms with Crippen LogP contribution in [0.4, 0.5) is 5.69 Å². The second kappa shape index (κ2) is 6.12. The summed E-state index contributed by atoms with van der Waals surface area (Å²) in [5, 5.41) is 18.8. The first-order valence-corrected chi connectivity index (χ1v) is 7.51. The van der Waals surface area contributed by atoms with Gasteiger partial charge in [-0.2, -0.15) is 10.5 Å². The summed E-state index contributed by atoms with van der Waals surface area (Å²) in [6, 6.07) is 9.85. The molecule has 6 nitrogen and oxygen atoms in total. The summed E-state index contributed by atoms with van der Waals surface area (Å²) in [4.78, 5) is 8.87. The molecule has 6 heteroatoms. The number of benzene rings is 1. The maximum atomic E-state index is 9.40. The van der Waals surface area contributed by atoms with E-state index >= 15 is 0 Å². The first kappa shape index (κ1) is 15.1. The van der Waals surface area contributed by atoms with Crippen molar-refractivity contribution in [2.75, 3.05) is 31.6 Å². The van der Waals surface area contributed by atoms with Crippen molar-refractivity contribution in [3.05, 3.63) is 47.5 Å². The fourth-order valence-corrected chi connectivity index (χ4v) is 3.12. The maximum absolute atomic E-state index is 9.40. The third-order valence-corrected chi connectivity index (χ3v) is 4.40. The number of hydrogen-bond donors (Lipinski definition) is 0. The van der Waals surface area contributed by atoms with Gasteiger partial charge in [-0.1, -0.05) is 6.07 Å². The molecule has 2 heterocycles. The number of nitriles is 2. The van der Waals surface area contributed by atoms with E-state index in [4.69, 9.17) is 0 Å². The zero-order valence-electron chi connectivity index (χ0n) is 13.3. The largest absolute Gasteiger partial charge is 0.366 e. The zero-order chi connectivity index (χ0) is 16.4. The molecule has 1 atom stereocenters. The van der Waals surface area contributed by atoms with Gasteiger partial charge in [0.2, 0.25) is 0 Å². The zero-order valence-corrected chi connectivity index (χ0v) is 13.3. The van der Waals surface area contributed by atoms with Crippen LogP contribution in [-0.2, 0) is 7.05 Å². The van der Waals surface area contributed by atoms with Crippen LogP contribution in [0.3, 0.4) is 0 Å². The van der Waals surface area contributed by atoms with Crippen molar-refractivity contribution in [2.45, 2.75) is 6.04 Å². The topological polar surface area (TPSA) is 71.9 Å². The molecule has 0 aliphatic carbocycles. The molecular weight excluding hydrogens is 288 g/mol. The average molecular weight is 306 g/mol. The van der Waals surface area contributed by atoms with E-state index in [1.165, 1.54) is 0 Å². The van der Waals surface area contributed by atoms with E-state index in [2.05, 4.69) is 34.0 Å². The Bertz CT molecular complexity index is 762. The molecule has 0 bridgehead atoms. The highest BCUT2D eigenvalue weighted by molar-refractivity contribution is 5.68. The van der Waals surface area contributed by atoms with E-state index in [1.807, 2.05) is 17.8 Å². The fourth-order valence-electron chi connectivity index (χ4n) is 3.12. The Balaban J connectivity index is 1.99. The molecule has 0 N–H and O–H groups in total. The lowest BCUT2D eigenvalue weighted by atomic mass is 10.0. The summed E-state index contributed by atoms with van der Waals surface area (Å²) < 4.78 is 2.02. The van der Waals surface area contributed by atoms with Gasteiger partial charge >= 0.3 is 0 Å². The smallest absolute Gasteiger partial charge is 0.127 e. The number of likely N-dealkylation sites (N-methyl/N-ethyl adjacent to an activating group) is 1. The van der Waals surface area contributed by atoms with Crippen molar-refractivity contribution in [3.8, 4) is 12.1 Å². The van der Waals surface area contributed by atoms with E-state index < -0.39 is 0 Å². The SMILES string of the molecule is CN1CCN(c2c(C#N)cccc2C#N)CC1c1nccn1C. The molecule has 0 saturated carbocycles. The number of para-hydroxylation sites is 1. The van der Waals surface area contributed by atoms with Gasteiger partial charge in [0.05, 0.1) is 22.9 Å². The van der Waals surface area contributed by atoms with Crippen molar-refractivity contribution >= 4 is 5.69 Å². The summed E-state index contributed by atoms with van der Waals surface area (Å²) >= 11 is 0. The summed E-state index contributed by atoms with van der Waals surface area (Å²) in [6.07, 6.45) is 3.73. The lowest BCUT2D eigenvalue weighted by molar-refractivity contribution is 0.209. The van der Waals surface area contributed by atoms with Crippen molar-refractivity contribution < 1.29 is 0 Å². The number of nitrogens with zero attached hydrogens (tertiary/aromatic N) is 6. The van der Waals surface area contributed by atoms with Gasteiger partial charge in [0.15, 0.2) is 0 Å². The number of piperazine rings is 1. The molecule has 0 spiro atoms. The van der Waals surface area contributed by atoms with Gasteiger partial charge in [-0.15, -0.1) is 0 Å². The molecule has 23 heavy (non-hydrogen) atoms. The lowest BCUT2D eigenvalue weighted by Crippen LogP contribution is -2.48. The van der Waals surface area contributed by atoms with E-state index in [1.54, 1.807) is 24.4 Å². The molecule has 0 amide bonds. The normalized spacial score (nSPS) is 18.4. The van der Waals surface area contributed by atoms with E-state index in [0.29, 0.717) is 17.7 Å². The third-order valence-electron chi connectivity index (χ3n) is 4.40. The lowest BCUT2D eigenvalue weighted by Gasteiger charge is -2.40. The summed E-state index contributed by atoms with van der Waals surface area (Å²) in [7, 11) is 4.07. The highest BCUT2D eigenvalue weighted by atomic mass is 15.3. The molecule has 3 rings (SSSR count). The Morgan fingerprint density at radius 1 is 1.13 bits per heavy atom. The van der Waals surface area contributed by atoms with Gasteiger partial charge in [0.1, 0.15) is 18.0 Å². The standard InChI is InChI=1S/C17H18N6/c1-21-8-9-23(12-15(21)17-20-6-7-22(17)2)16-13(10-18)4-3-5-14(16)11-19/h3-7,15H,8-9,12H2,1-2H3. The molecule has 0 radical (unpaired) electrons. The maximum Gasteiger partial charge on any atom is 0.127 e. The van der Waals surface area contributed by atoms with Gasteiger partial charge in [-0.05, 0) is 19.2 Å². The van der Waals surface area contributed by atoms with Crippen LogP contribution in [0.2, 0.25) is 0 Å². The van der Waals surface area contributed by atoms with E-state index in [0.717, 1.165) is 24.6 Å². The minimum Gasteiger partial charge on any atom is -0.366 e. The summed E-state index contributed by atoms with van der Waals surface area (Å²) in [6.45, 7) is 2.34. The molecule has 1 aromatic heterocycles. The van der Waals surface area contributed by atoms with Crippen LogP contribution in [0, 0.1) is 22.7 Å². The summed E-state index contributed by atoms with van der Waals surface area (Å²) in [5.74, 6) is 0.991. The van der Waals surface area contributed by atoms with Crippen LogP contribution < -0.4 is 4.90 Å². The van der Waals surface area contributed by atoms with E-state index in [-0.39, 0.29) is 6.04 Å². The average Bonchev–Trinajstić information content (AvgIpc) is 3.00. The van der Waals surface area contributed by atoms with Crippen molar-refractivity contribution in [2.24, 2.45) is 7.05 Å². The predicted octanol–water partition coefficient (Wildman–Crippen LogP) is 1.66. The van der Waals surface area contributed by atoms with Crippen molar-refractivity contribution in [1.29, 1.82) is 10.5 Å². The molecule has 1 aliphatic heterocycles. The Morgan fingerprint density at radius 2 is 1.83 bits per heavy atom. The molecular formula is C17H18N6. The molecule has 116 valence electrons. The number of aromatic nitrogens is 2. The van der Waals surface area contributed by atoms with Crippen LogP contribution in [0.15, 0.2) is 30.6 Å². The molecule has 1 aliphatic rings. The molecule has 1 fully saturated rings. The van der Waals surface area contributed by atoms with Gasteiger partial charge in [0, 0.05) is 39.1 Å². The van der Waals surface area contributed by atoms with Crippen LogP contribution in [-0.4, -0.2) is 41.1 Å². The van der Waals surface area contributed by atoms with Crippen LogP contribution in [0.1, 0.15) is 23.0 Å². The monoisotopic (exact) mass is 306 g/mol. The van der Waals surface area contributed by atoms with Crippen LogP contribution in [0.5, 0.6) is 0 Å². The Morgan fingerprint density at radius 3 is 2.39 bits per heavy atom. The number of aryl methyl sites for hydroxylation is 1. The van der Waals surface area contributed by atoms with Crippen molar-refractivity contribution in [3.63, 3.8) is 0 Å². The number of rotatable bonds is 2. The molecule has 1 aromatic carbocycles. The Kier molecular flexibility index (Phi) is 4.01. The number of anilines is 1. The second-order valence-electron chi connectivity index (χ2n) is 5.76. The van der Waals surface area contributed by atoms with Gasteiger partial charge in [-0.3, -0.25) is 4.90 Å². The van der Waals surface area contributed by atoms with Crippen LogP contribution in [0.25, 0.3) is 0 Å². The van der Waals surface area contributed by atoms with E-state index in [9.17, 15) is 10.5 Å². The first-order valence-electron chi connectivity index (χ1n) is 7.51. The minimum absolute atomic E-state index is 0.127. The highest BCUT2D eigenvalue weighted by Crippen LogP contribution is 2.30. The third kappa shape index (κ3) is 2.65. The highest BCUT2D eigenvalue weighted by Gasteiger charge is 2.30. The number of hydrogen-bond acceptors (Lipinski definition) is 5. The Labute approximate surface area is 135 Å².